The molecule has 0 spiro atoms. The van der Waals surface area contributed by atoms with E-state index in [0.717, 1.165) is 5.56 Å². The van der Waals surface area contributed by atoms with Gasteiger partial charge in [-0.3, -0.25) is 0 Å². The van der Waals surface area contributed by atoms with Crippen molar-refractivity contribution in [2.75, 3.05) is 13.2 Å². The Bertz CT molecular complexity index is 804. The van der Waals surface area contributed by atoms with Gasteiger partial charge in [-0.05, 0) is 49.1 Å². The molecule has 2 atom stereocenters. The average molecular weight is 453 g/mol. The third-order valence-corrected chi connectivity index (χ3v) is 5.09. The van der Waals surface area contributed by atoms with Gasteiger partial charge >= 0.3 is 31.2 Å². The predicted molar refractivity (Wildman–Crippen MR) is 108 cm³/mol. The standard InChI is InChI=1S/C22H24F6O2.B.Li.H/c1-15(16-11-18(21(23,24)25)13-19(12-16)22(26,27)28)30-14-20(2,9-6-10-29)17-7-4-3-5-8-17;;;/h3-5,7-8,11-13,15,29H,6,9-10,14H2,1-2H3;;;/q;;+1;-1/t15-,20+;;;/m1.../s1. The van der Waals surface area contributed by atoms with Gasteiger partial charge in [0.25, 0.3) is 0 Å². The number of aliphatic hydroxyl groups is 1. The van der Waals surface area contributed by atoms with Crippen molar-refractivity contribution in [3.8, 4) is 0 Å². The summed E-state index contributed by atoms with van der Waals surface area (Å²) in [5.74, 6) is 0. The summed E-state index contributed by atoms with van der Waals surface area (Å²) in [5, 5.41) is 9.19. The zero-order valence-electron chi connectivity index (χ0n) is 19.2. The van der Waals surface area contributed by atoms with Crippen LogP contribution in [0.1, 0.15) is 56.5 Å². The van der Waals surface area contributed by atoms with E-state index in [9.17, 15) is 31.4 Å². The van der Waals surface area contributed by atoms with Gasteiger partial charge in [-0.25, -0.2) is 0 Å². The monoisotopic (exact) mass is 453 g/mol. The van der Waals surface area contributed by atoms with Crippen LogP contribution in [0.25, 0.3) is 0 Å². The van der Waals surface area contributed by atoms with Crippen LogP contribution in [-0.4, -0.2) is 26.7 Å². The summed E-state index contributed by atoms with van der Waals surface area (Å²) in [6.07, 6.45) is -9.79. The number of rotatable bonds is 8. The van der Waals surface area contributed by atoms with E-state index < -0.39 is 35.0 Å². The summed E-state index contributed by atoms with van der Waals surface area (Å²) in [4.78, 5) is 0. The minimum atomic E-state index is -4.91. The molecule has 0 saturated carbocycles. The van der Waals surface area contributed by atoms with E-state index in [0.29, 0.717) is 25.0 Å². The van der Waals surface area contributed by atoms with Gasteiger partial charge in [0.1, 0.15) is 0 Å². The van der Waals surface area contributed by atoms with Crippen molar-refractivity contribution in [2.45, 2.75) is 50.6 Å². The van der Waals surface area contributed by atoms with Gasteiger partial charge in [0.2, 0.25) is 0 Å². The summed E-state index contributed by atoms with van der Waals surface area (Å²) in [6, 6.07) is 10.7. The Morgan fingerprint density at radius 3 is 1.84 bits per heavy atom. The van der Waals surface area contributed by atoms with Crippen molar-refractivity contribution in [1.82, 2.24) is 0 Å². The predicted octanol–water partition coefficient (Wildman–Crippen LogP) is 3.27. The normalized spacial score (nSPS) is 14.7. The number of ether oxygens (including phenoxy) is 1. The van der Waals surface area contributed by atoms with Gasteiger partial charge < -0.3 is 11.3 Å². The van der Waals surface area contributed by atoms with Crippen LogP contribution >= 0.6 is 0 Å². The van der Waals surface area contributed by atoms with Crippen LogP contribution in [0.2, 0.25) is 0 Å². The molecule has 3 radical (unpaired) electrons. The molecule has 10 heteroatoms. The molecule has 1 N–H and O–H groups in total. The summed E-state index contributed by atoms with van der Waals surface area (Å²) >= 11 is 0. The van der Waals surface area contributed by atoms with Crippen molar-refractivity contribution in [1.29, 1.82) is 0 Å². The Balaban J connectivity index is 0. The fourth-order valence-electron chi connectivity index (χ4n) is 3.23. The third kappa shape index (κ3) is 8.18. The molecule has 171 valence electrons. The van der Waals surface area contributed by atoms with E-state index in [1.807, 2.05) is 37.3 Å². The number of hydrogen-bond acceptors (Lipinski definition) is 2. The molecule has 0 bridgehead atoms. The zero-order chi connectivity index (χ0) is 22.6. The van der Waals surface area contributed by atoms with Crippen molar-refractivity contribution in [3.05, 3.63) is 70.8 Å². The third-order valence-electron chi connectivity index (χ3n) is 5.09. The maximum absolute atomic E-state index is 13.1. The second-order valence-corrected chi connectivity index (χ2v) is 7.55. The van der Waals surface area contributed by atoms with Gasteiger partial charge in [-0.2, -0.15) is 26.3 Å². The first kappa shape index (κ1) is 30.6. The average Bonchev–Trinajstić information content (AvgIpc) is 2.69. The molecule has 0 aliphatic carbocycles. The molecule has 0 aliphatic heterocycles. The fraction of sp³-hybridized carbons (Fsp3) is 0.455. The van der Waals surface area contributed by atoms with Crippen LogP contribution in [-0.2, 0) is 22.5 Å². The number of hydrogen-bond donors (Lipinski definition) is 1. The van der Waals surface area contributed by atoms with E-state index in [1.165, 1.54) is 6.92 Å². The number of aliphatic hydroxyl groups excluding tert-OH is 1. The summed E-state index contributed by atoms with van der Waals surface area (Å²) in [6.45, 7) is 3.33. The second kappa shape index (κ2) is 12.2. The van der Waals surface area contributed by atoms with Gasteiger partial charge in [-0.1, -0.05) is 37.3 Å². The molecule has 2 rings (SSSR count). The molecule has 0 heterocycles. The molecule has 0 aliphatic rings. The van der Waals surface area contributed by atoms with E-state index in [1.54, 1.807) is 0 Å². The van der Waals surface area contributed by atoms with Crippen LogP contribution in [0, 0.1) is 0 Å². The first-order chi connectivity index (χ1) is 13.9. The largest absolute Gasteiger partial charge is 1.00 e. The molecular formula is C22H25BF6LiO2. The van der Waals surface area contributed by atoms with Crippen LogP contribution < -0.4 is 18.9 Å². The Morgan fingerprint density at radius 1 is 0.906 bits per heavy atom. The van der Waals surface area contributed by atoms with Crippen LogP contribution in [0.3, 0.4) is 0 Å². The zero-order valence-corrected chi connectivity index (χ0v) is 18.2. The minimum absolute atomic E-state index is 0. The quantitative estimate of drug-likeness (QED) is 0.492. The number of alkyl halides is 6. The molecule has 32 heavy (non-hydrogen) atoms. The van der Waals surface area contributed by atoms with Gasteiger partial charge in [0, 0.05) is 20.4 Å². The van der Waals surface area contributed by atoms with Gasteiger partial charge in [0.05, 0.1) is 23.8 Å². The van der Waals surface area contributed by atoms with Gasteiger partial charge in [0.15, 0.2) is 0 Å². The maximum Gasteiger partial charge on any atom is 1.00 e. The van der Waals surface area contributed by atoms with E-state index in [-0.39, 0.29) is 53.5 Å². The van der Waals surface area contributed by atoms with Crippen molar-refractivity contribution >= 4 is 8.41 Å². The summed E-state index contributed by atoms with van der Waals surface area (Å²) in [7, 11) is 0. The maximum atomic E-state index is 13.1. The molecule has 0 unspecified atom stereocenters. The first-order valence-electron chi connectivity index (χ1n) is 9.44. The van der Waals surface area contributed by atoms with Crippen LogP contribution in [0.15, 0.2) is 48.5 Å². The van der Waals surface area contributed by atoms with Crippen molar-refractivity contribution in [3.63, 3.8) is 0 Å². The molecule has 0 saturated heterocycles. The smallest absolute Gasteiger partial charge is 1.00 e. The van der Waals surface area contributed by atoms with Crippen LogP contribution in [0.5, 0.6) is 0 Å². The molecule has 0 aromatic heterocycles. The first-order valence-corrected chi connectivity index (χ1v) is 9.44. The fourth-order valence-corrected chi connectivity index (χ4v) is 3.23. The van der Waals surface area contributed by atoms with Gasteiger partial charge in [-0.15, -0.1) is 0 Å². The Labute approximate surface area is 199 Å². The molecule has 2 aromatic carbocycles. The summed E-state index contributed by atoms with van der Waals surface area (Å²) < 4.78 is 84.4. The SMILES string of the molecule is C[C@@H](OC[C@](C)(CCCO)c1ccccc1)c1cc(C(F)(F)F)cc(C(F)(F)F)c1.[B].[H-].[Li+]. The Morgan fingerprint density at radius 2 is 1.41 bits per heavy atom. The van der Waals surface area contributed by atoms with E-state index in [4.69, 9.17) is 4.74 Å². The number of benzene rings is 2. The topological polar surface area (TPSA) is 29.5 Å². The molecule has 0 fully saturated rings. The van der Waals surface area contributed by atoms with Crippen molar-refractivity contribution < 1.29 is 56.5 Å². The summed E-state index contributed by atoms with van der Waals surface area (Å²) in [5.41, 5.74) is -2.59. The molecule has 0 amide bonds. The van der Waals surface area contributed by atoms with Crippen LogP contribution in [0.4, 0.5) is 26.3 Å². The number of halogens is 6. The van der Waals surface area contributed by atoms with E-state index in [2.05, 4.69) is 0 Å². The minimum Gasteiger partial charge on any atom is -1.00 e. The Hall–Kier alpha value is -1.40. The molecule has 2 nitrogen and oxygen atoms in total. The molecule has 2 aromatic rings. The molecular weight excluding hydrogens is 428 g/mol. The van der Waals surface area contributed by atoms with E-state index >= 15 is 0 Å². The second-order valence-electron chi connectivity index (χ2n) is 7.55. The Kier molecular flexibility index (Phi) is 11.6. The van der Waals surface area contributed by atoms with Crippen molar-refractivity contribution in [2.24, 2.45) is 0 Å².